The van der Waals surface area contributed by atoms with Crippen LogP contribution in [0.15, 0.2) is 24.3 Å². The predicted octanol–water partition coefficient (Wildman–Crippen LogP) is 3.85. The van der Waals surface area contributed by atoms with Crippen LogP contribution < -0.4 is 0 Å². The molecule has 5 heteroatoms. The standard InChI is InChI=1S/C24H38O5/c1-17-8-10-18(11-9-17)12-13-19(25)14-15-21-20(22(26)16-23(21)27)6-4-2-3-5-7-24(28)29/h8-11,19-23,25-27H,2-7,12-16H2,1H3,(H,28,29)/t19-,20+,21+,22-,23+/m0/s1. The van der Waals surface area contributed by atoms with Crippen LogP contribution in [0.4, 0.5) is 0 Å². The first-order valence-corrected chi connectivity index (χ1v) is 11.2. The van der Waals surface area contributed by atoms with Gasteiger partial charge in [0.15, 0.2) is 0 Å². The lowest BCUT2D eigenvalue weighted by Crippen LogP contribution is -2.24. The minimum Gasteiger partial charge on any atom is -0.481 e. The van der Waals surface area contributed by atoms with Gasteiger partial charge in [0.2, 0.25) is 0 Å². The molecule has 0 spiro atoms. The molecule has 5 nitrogen and oxygen atoms in total. The van der Waals surface area contributed by atoms with Gasteiger partial charge in [-0.25, -0.2) is 0 Å². The van der Waals surface area contributed by atoms with Crippen molar-refractivity contribution < 1.29 is 25.2 Å². The topological polar surface area (TPSA) is 98.0 Å². The van der Waals surface area contributed by atoms with Gasteiger partial charge < -0.3 is 20.4 Å². The molecule has 0 amide bonds. The molecule has 0 aromatic heterocycles. The molecule has 164 valence electrons. The fourth-order valence-electron chi connectivity index (χ4n) is 4.61. The van der Waals surface area contributed by atoms with Gasteiger partial charge in [0.25, 0.3) is 0 Å². The van der Waals surface area contributed by atoms with E-state index in [0.717, 1.165) is 38.5 Å². The molecule has 2 rings (SSSR count). The van der Waals surface area contributed by atoms with E-state index in [-0.39, 0.29) is 18.3 Å². The zero-order valence-corrected chi connectivity index (χ0v) is 17.7. The van der Waals surface area contributed by atoms with Crippen LogP contribution in [0.2, 0.25) is 0 Å². The lowest BCUT2D eigenvalue weighted by atomic mass is 9.84. The van der Waals surface area contributed by atoms with Crippen LogP contribution in [0.1, 0.15) is 75.3 Å². The van der Waals surface area contributed by atoms with Gasteiger partial charge in [-0.15, -0.1) is 0 Å². The van der Waals surface area contributed by atoms with E-state index in [4.69, 9.17) is 5.11 Å². The minimum atomic E-state index is -0.750. The van der Waals surface area contributed by atoms with Crippen molar-refractivity contribution in [3.63, 3.8) is 0 Å². The van der Waals surface area contributed by atoms with E-state index in [1.54, 1.807) is 0 Å². The van der Waals surface area contributed by atoms with Crippen molar-refractivity contribution in [3.05, 3.63) is 35.4 Å². The van der Waals surface area contributed by atoms with Crippen LogP contribution in [0, 0.1) is 18.8 Å². The molecule has 1 fully saturated rings. The third kappa shape index (κ3) is 8.45. The summed E-state index contributed by atoms with van der Waals surface area (Å²) in [6, 6.07) is 8.38. The molecule has 0 heterocycles. The van der Waals surface area contributed by atoms with Crippen molar-refractivity contribution in [1.82, 2.24) is 0 Å². The average molecular weight is 407 g/mol. The number of hydrogen-bond acceptors (Lipinski definition) is 4. The smallest absolute Gasteiger partial charge is 0.303 e. The van der Waals surface area contributed by atoms with E-state index in [9.17, 15) is 20.1 Å². The summed E-state index contributed by atoms with van der Waals surface area (Å²) >= 11 is 0. The van der Waals surface area contributed by atoms with Gasteiger partial charge >= 0.3 is 5.97 Å². The van der Waals surface area contributed by atoms with E-state index in [0.29, 0.717) is 25.7 Å². The highest BCUT2D eigenvalue weighted by atomic mass is 16.4. The Hall–Kier alpha value is -1.43. The van der Waals surface area contributed by atoms with E-state index >= 15 is 0 Å². The molecule has 0 saturated heterocycles. The molecule has 1 aromatic rings. The maximum absolute atomic E-state index is 10.5. The van der Waals surface area contributed by atoms with Crippen LogP contribution in [-0.4, -0.2) is 44.7 Å². The first kappa shape index (κ1) is 23.8. The Morgan fingerprint density at radius 3 is 2.24 bits per heavy atom. The van der Waals surface area contributed by atoms with Crippen molar-refractivity contribution in [1.29, 1.82) is 0 Å². The first-order chi connectivity index (χ1) is 13.9. The van der Waals surface area contributed by atoms with Crippen LogP contribution in [0.5, 0.6) is 0 Å². The summed E-state index contributed by atoms with van der Waals surface area (Å²) < 4.78 is 0. The molecule has 5 atom stereocenters. The number of aliphatic hydroxyl groups is 3. The largest absolute Gasteiger partial charge is 0.481 e. The molecule has 0 bridgehead atoms. The minimum absolute atomic E-state index is 0.0399. The number of carboxylic acids is 1. The number of benzene rings is 1. The fourth-order valence-corrected chi connectivity index (χ4v) is 4.61. The van der Waals surface area contributed by atoms with E-state index in [1.807, 2.05) is 0 Å². The molecule has 0 radical (unpaired) electrons. The number of hydrogen-bond donors (Lipinski definition) is 4. The van der Waals surface area contributed by atoms with Crippen molar-refractivity contribution in [2.45, 2.75) is 95.9 Å². The monoisotopic (exact) mass is 406 g/mol. The summed E-state index contributed by atoms with van der Waals surface area (Å²) in [6.07, 6.45) is 6.56. The van der Waals surface area contributed by atoms with Crippen LogP contribution in [0.3, 0.4) is 0 Å². The molecular formula is C24H38O5. The molecule has 0 unspecified atom stereocenters. The van der Waals surface area contributed by atoms with E-state index < -0.39 is 24.3 Å². The van der Waals surface area contributed by atoms with Crippen LogP contribution in [-0.2, 0) is 11.2 Å². The Balaban J connectivity index is 1.70. The third-order valence-corrected chi connectivity index (χ3v) is 6.42. The SMILES string of the molecule is Cc1ccc(CC[C@H](O)CC[C@@H]2[C@@H](CCCCCCC(=O)O)[C@@H](O)C[C@H]2O)cc1. The fraction of sp³-hybridized carbons (Fsp3) is 0.708. The maximum atomic E-state index is 10.5. The van der Waals surface area contributed by atoms with Gasteiger partial charge in [-0.3, -0.25) is 4.79 Å². The van der Waals surface area contributed by atoms with Crippen LogP contribution >= 0.6 is 0 Å². The summed E-state index contributed by atoms with van der Waals surface area (Å²) in [5, 5.41) is 39.8. The van der Waals surface area contributed by atoms with E-state index in [1.165, 1.54) is 11.1 Å². The van der Waals surface area contributed by atoms with Gasteiger partial charge in [-0.05, 0) is 69.3 Å². The normalized spacial score (nSPS) is 25.2. The first-order valence-electron chi connectivity index (χ1n) is 11.2. The van der Waals surface area contributed by atoms with Crippen molar-refractivity contribution in [2.24, 2.45) is 11.8 Å². The summed E-state index contributed by atoms with van der Waals surface area (Å²) in [6.45, 7) is 2.06. The number of carbonyl (C=O) groups is 1. The predicted molar refractivity (Wildman–Crippen MR) is 114 cm³/mol. The highest BCUT2D eigenvalue weighted by molar-refractivity contribution is 5.66. The Bertz CT molecular complexity index is 600. The number of unbranched alkanes of at least 4 members (excludes halogenated alkanes) is 3. The average Bonchev–Trinajstić information content (AvgIpc) is 2.94. The lowest BCUT2D eigenvalue weighted by molar-refractivity contribution is -0.137. The molecule has 1 aliphatic carbocycles. The van der Waals surface area contributed by atoms with Gasteiger partial charge in [0.1, 0.15) is 0 Å². The summed E-state index contributed by atoms with van der Waals surface area (Å²) in [5.74, 6) is -0.632. The van der Waals surface area contributed by atoms with Crippen molar-refractivity contribution >= 4 is 5.97 Å². The van der Waals surface area contributed by atoms with Gasteiger partial charge in [-0.1, -0.05) is 49.1 Å². The number of rotatable bonds is 13. The number of aryl methyl sites for hydroxylation is 2. The second-order valence-electron chi connectivity index (χ2n) is 8.80. The number of aliphatic hydroxyl groups excluding tert-OH is 3. The lowest BCUT2D eigenvalue weighted by Gasteiger charge is -2.24. The molecule has 0 aliphatic heterocycles. The molecule has 29 heavy (non-hydrogen) atoms. The zero-order chi connectivity index (χ0) is 21.2. The Kier molecular flexibility index (Phi) is 10.1. The molecular weight excluding hydrogens is 368 g/mol. The van der Waals surface area contributed by atoms with Gasteiger partial charge in [0, 0.05) is 6.42 Å². The third-order valence-electron chi connectivity index (χ3n) is 6.42. The van der Waals surface area contributed by atoms with Crippen molar-refractivity contribution in [2.75, 3.05) is 0 Å². The highest BCUT2D eigenvalue weighted by Gasteiger charge is 2.40. The summed E-state index contributed by atoms with van der Waals surface area (Å²) in [7, 11) is 0. The quantitative estimate of drug-likeness (QED) is 0.373. The highest BCUT2D eigenvalue weighted by Crippen LogP contribution is 2.39. The second-order valence-corrected chi connectivity index (χ2v) is 8.80. The maximum Gasteiger partial charge on any atom is 0.303 e. The zero-order valence-electron chi connectivity index (χ0n) is 17.7. The Labute approximate surface area is 174 Å². The summed E-state index contributed by atoms with van der Waals surface area (Å²) in [5.41, 5.74) is 2.46. The Morgan fingerprint density at radius 2 is 1.59 bits per heavy atom. The van der Waals surface area contributed by atoms with Crippen molar-refractivity contribution in [3.8, 4) is 0 Å². The number of carboxylic acid groups (broad SMARTS) is 1. The molecule has 1 saturated carbocycles. The second kappa shape index (κ2) is 12.3. The summed E-state index contributed by atoms with van der Waals surface area (Å²) in [4.78, 5) is 10.5. The van der Waals surface area contributed by atoms with Gasteiger partial charge in [-0.2, -0.15) is 0 Å². The number of aliphatic carboxylic acids is 1. The van der Waals surface area contributed by atoms with Gasteiger partial charge in [0.05, 0.1) is 18.3 Å². The van der Waals surface area contributed by atoms with Crippen LogP contribution in [0.25, 0.3) is 0 Å². The Morgan fingerprint density at radius 1 is 0.966 bits per heavy atom. The van der Waals surface area contributed by atoms with E-state index in [2.05, 4.69) is 31.2 Å². The molecule has 4 N–H and O–H groups in total. The molecule has 1 aliphatic rings. The molecule has 1 aromatic carbocycles.